The van der Waals surface area contributed by atoms with Crippen LogP contribution < -0.4 is 4.74 Å². The van der Waals surface area contributed by atoms with Crippen LogP contribution in [0.15, 0.2) is 42.5 Å². The van der Waals surface area contributed by atoms with Gasteiger partial charge in [-0.05, 0) is 19.1 Å². The van der Waals surface area contributed by atoms with Gasteiger partial charge in [0.1, 0.15) is 12.4 Å². The van der Waals surface area contributed by atoms with Crippen LogP contribution in [-0.2, 0) is 13.1 Å². The molecule has 0 saturated heterocycles. The maximum Gasteiger partial charge on any atom is 0.163 e. The standard InChI is InChI=1S/C17H17F2NO/c1-12-11-21-16-8-3-2-5-13(16)9-20(12)10-14-6-4-7-15(18)17(14)19/h2-8,12H,9-11H2,1H3. The first-order valence-electron chi connectivity index (χ1n) is 7.03. The summed E-state index contributed by atoms with van der Waals surface area (Å²) >= 11 is 0. The van der Waals surface area contributed by atoms with Crippen molar-refractivity contribution < 1.29 is 13.5 Å². The molecule has 0 saturated carbocycles. The summed E-state index contributed by atoms with van der Waals surface area (Å²) in [6.45, 7) is 3.59. The second-order valence-corrected chi connectivity index (χ2v) is 5.39. The monoisotopic (exact) mass is 289 g/mol. The highest BCUT2D eigenvalue weighted by Crippen LogP contribution is 2.26. The molecule has 0 N–H and O–H groups in total. The highest BCUT2D eigenvalue weighted by atomic mass is 19.2. The Morgan fingerprint density at radius 1 is 1.14 bits per heavy atom. The number of fused-ring (bicyclic) bond motifs is 1. The molecule has 0 bridgehead atoms. The molecule has 2 nitrogen and oxygen atoms in total. The second kappa shape index (κ2) is 5.82. The van der Waals surface area contributed by atoms with Gasteiger partial charge in [-0.25, -0.2) is 8.78 Å². The van der Waals surface area contributed by atoms with Gasteiger partial charge in [-0.15, -0.1) is 0 Å². The Hall–Kier alpha value is -1.94. The molecule has 0 aromatic heterocycles. The Morgan fingerprint density at radius 2 is 1.95 bits per heavy atom. The summed E-state index contributed by atoms with van der Waals surface area (Å²) in [6.07, 6.45) is 0. The molecule has 1 aliphatic rings. The third-order valence-electron chi connectivity index (χ3n) is 3.85. The van der Waals surface area contributed by atoms with Crippen LogP contribution in [0.4, 0.5) is 8.78 Å². The van der Waals surface area contributed by atoms with E-state index in [-0.39, 0.29) is 6.04 Å². The van der Waals surface area contributed by atoms with E-state index in [1.807, 2.05) is 31.2 Å². The van der Waals surface area contributed by atoms with Crippen LogP contribution in [0, 0.1) is 11.6 Å². The molecular formula is C17H17F2NO. The summed E-state index contributed by atoms with van der Waals surface area (Å²) in [5.74, 6) is -0.693. The molecule has 21 heavy (non-hydrogen) atoms. The number of para-hydroxylation sites is 1. The number of nitrogens with zero attached hydrogens (tertiary/aromatic N) is 1. The summed E-state index contributed by atoms with van der Waals surface area (Å²) in [4.78, 5) is 2.10. The molecule has 0 amide bonds. The van der Waals surface area contributed by atoms with Crippen molar-refractivity contribution >= 4 is 0 Å². The predicted octanol–water partition coefficient (Wildman–Crippen LogP) is 3.75. The van der Waals surface area contributed by atoms with E-state index in [4.69, 9.17) is 4.74 Å². The maximum atomic E-state index is 13.8. The van der Waals surface area contributed by atoms with E-state index in [0.29, 0.717) is 25.3 Å². The fraction of sp³-hybridized carbons (Fsp3) is 0.294. The zero-order valence-corrected chi connectivity index (χ0v) is 11.9. The Labute approximate surface area is 123 Å². The van der Waals surface area contributed by atoms with E-state index in [2.05, 4.69) is 4.90 Å². The lowest BCUT2D eigenvalue weighted by Gasteiger charge is -2.26. The molecular weight excluding hydrogens is 272 g/mol. The first-order chi connectivity index (χ1) is 10.1. The molecule has 2 aromatic rings. The molecule has 0 aliphatic carbocycles. The Morgan fingerprint density at radius 3 is 2.81 bits per heavy atom. The van der Waals surface area contributed by atoms with E-state index in [0.717, 1.165) is 17.4 Å². The summed E-state index contributed by atoms with van der Waals surface area (Å²) in [5, 5.41) is 0. The average Bonchev–Trinajstić information content (AvgIpc) is 2.64. The van der Waals surface area contributed by atoms with Crippen molar-refractivity contribution in [1.82, 2.24) is 4.90 Å². The van der Waals surface area contributed by atoms with Gasteiger partial charge in [0.15, 0.2) is 11.6 Å². The van der Waals surface area contributed by atoms with Gasteiger partial charge in [-0.3, -0.25) is 4.90 Å². The van der Waals surface area contributed by atoms with Crippen LogP contribution in [0.3, 0.4) is 0 Å². The van der Waals surface area contributed by atoms with Gasteiger partial charge >= 0.3 is 0 Å². The fourth-order valence-corrected chi connectivity index (χ4v) is 2.57. The van der Waals surface area contributed by atoms with Crippen molar-refractivity contribution in [2.24, 2.45) is 0 Å². The molecule has 1 unspecified atom stereocenters. The molecule has 110 valence electrons. The molecule has 0 fully saturated rings. The minimum atomic E-state index is -0.799. The number of rotatable bonds is 2. The number of ether oxygens (including phenoxy) is 1. The second-order valence-electron chi connectivity index (χ2n) is 5.39. The smallest absolute Gasteiger partial charge is 0.163 e. The number of benzene rings is 2. The first-order valence-corrected chi connectivity index (χ1v) is 7.03. The lowest BCUT2D eigenvalue weighted by atomic mass is 10.1. The first kappa shape index (κ1) is 14.0. The molecule has 1 heterocycles. The minimum Gasteiger partial charge on any atom is -0.492 e. The van der Waals surface area contributed by atoms with Crippen molar-refractivity contribution in [2.75, 3.05) is 6.61 Å². The third kappa shape index (κ3) is 2.90. The highest BCUT2D eigenvalue weighted by Gasteiger charge is 2.22. The topological polar surface area (TPSA) is 12.5 Å². The maximum absolute atomic E-state index is 13.8. The van der Waals surface area contributed by atoms with Gasteiger partial charge in [-0.2, -0.15) is 0 Å². The van der Waals surface area contributed by atoms with Crippen LogP contribution in [0.1, 0.15) is 18.1 Å². The van der Waals surface area contributed by atoms with Gasteiger partial charge < -0.3 is 4.74 Å². The summed E-state index contributed by atoms with van der Waals surface area (Å²) in [6, 6.07) is 12.3. The van der Waals surface area contributed by atoms with Crippen molar-refractivity contribution in [3.05, 3.63) is 65.2 Å². The SMILES string of the molecule is CC1COc2ccccc2CN1Cc1cccc(F)c1F. The Kier molecular flexibility index (Phi) is 3.88. The van der Waals surface area contributed by atoms with E-state index < -0.39 is 11.6 Å². The summed E-state index contributed by atoms with van der Waals surface area (Å²) in [7, 11) is 0. The lowest BCUT2D eigenvalue weighted by molar-refractivity contribution is 0.149. The summed E-state index contributed by atoms with van der Waals surface area (Å²) < 4.78 is 33.0. The van der Waals surface area contributed by atoms with E-state index in [1.165, 1.54) is 0 Å². The number of hydrogen-bond acceptors (Lipinski definition) is 2. The summed E-state index contributed by atoms with van der Waals surface area (Å²) in [5.41, 5.74) is 1.44. The van der Waals surface area contributed by atoms with Gasteiger partial charge in [0.2, 0.25) is 0 Å². The molecule has 0 radical (unpaired) electrons. The van der Waals surface area contributed by atoms with Crippen molar-refractivity contribution in [1.29, 1.82) is 0 Å². The molecule has 1 atom stereocenters. The molecule has 1 aliphatic heterocycles. The average molecular weight is 289 g/mol. The van der Waals surface area contributed by atoms with Crippen molar-refractivity contribution in [3.8, 4) is 5.75 Å². The quantitative estimate of drug-likeness (QED) is 0.835. The minimum absolute atomic E-state index is 0.125. The normalized spacial score (nSPS) is 18.7. The van der Waals surface area contributed by atoms with Crippen molar-refractivity contribution in [2.45, 2.75) is 26.1 Å². The molecule has 3 rings (SSSR count). The van der Waals surface area contributed by atoms with Gasteiger partial charge in [0.25, 0.3) is 0 Å². The fourth-order valence-electron chi connectivity index (χ4n) is 2.57. The van der Waals surface area contributed by atoms with E-state index >= 15 is 0 Å². The van der Waals surface area contributed by atoms with Gasteiger partial charge in [0.05, 0.1) is 0 Å². The largest absolute Gasteiger partial charge is 0.492 e. The van der Waals surface area contributed by atoms with E-state index in [9.17, 15) is 8.78 Å². The van der Waals surface area contributed by atoms with Crippen LogP contribution in [0.2, 0.25) is 0 Å². The predicted molar refractivity (Wildman–Crippen MR) is 77.0 cm³/mol. The highest BCUT2D eigenvalue weighted by molar-refractivity contribution is 5.34. The van der Waals surface area contributed by atoms with Crippen LogP contribution in [0.25, 0.3) is 0 Å². The van der Waals surface area contributed by atoms with Crippen LogP contribution >= 0.6 is 0 Å². The van der Waals surface area contributed by atoms with Crippen LogP contribution in [-0.4, -0.2) is 17.5 Å². The lowest BCUT2D eigenvalue weighted by Crippen LogP contribution is -2.34. The Balaban J connectivity index is 1.86. The number of hydrogen-bond donors (Lipinski definition) is 0. The van der Waals surface area contributed by atoms with Gasteiger partial charge in [-0.1, -0.05) is 30.3 Å². The molecule has 4 heteroatoms. The van der Waals surface area contributed by atoms with Crippen LogP contribution in [0.5, 0.6) is 5.75 Å². The Bertz CT molecular complexity index is 644. The zero-order valence-electron chi connectivity index (χ0n) is 11.9. The number of halogens is 2. The van der Waals surface area contributed by atoms with E-state index in [1.54, 1.807) is 12.1 Å². The van der Waals surface area contributed by atoms with Gasteiger partial charge in [0, 0.05) is 30.3 Å². The third-order valence-corrected chi connectivity index (χ3v) is 3.85. The van der Waals surface area contributed by atoms with Crippen molar-refractivity contribution in [3.63, 3.8) is 0 Å². The zero-order chi connectivity index (χ0) is 14.8. The molecule has 0 spiro atoms. The molecule has 2 aromatic carbocycles.